The van der Waals surface area contributed by atoms with Crippen molar-refractivity contribution in [2.24, 2.45) is 5.73 Å². The zero-order valence-electron chi connectivity index (χ0n) is 10.6. The van der Waals surface area contributed by atoms with E-state index < -0.39 is 10.0 Å². The van der Waals surface area contributed by atoms with Crippen LogP contribution in [0.2, 0.25) is 0 Å². The second-order valence-electron chi connectivity index (χ2n) is 3.96. The van der Waals surface area contributed by atoms with Crippen LogP contribution in [-0.2, 0) is 14.8 Å². The normalized spacial score (nSPS) is 11.2. The Morgan fingerprint density at radius 1 is 1.37 bits per heavy atom. The van der Waals surface area contributed by atoms with Crippen LogP contribution in [0.5, 0.6) is 0 Å². The third-order valence-corrected chi connectivity index (χ3v) is 3.93. The zero-order chi connectivity index (χ0) is 14.5. The fraction of sp³-hybridized carbons (Fsp3) is 0.364. The molecule has 1 aromatic rings. The van der Waals surface area contributed by atoms with E-state index in [2.05, 4.69) is 10.0 Å². The number of anilines is 2. The van der Waals surface area contributed by atoms with Crippen LogP contribution >= 0.6 is 0 Å². The van der Waals surface area contributed by atoms with E-state index in [0.29, 0.717) is 24.3 Å². The summed E-state index contributed by atoms with van der Waals surface area (Å²) < 4.78 is 25.9. The molecule has 106 valence electrons. The molecule has 0 spiro atoms. The molecule has 0 atom stereocenters. The van der Waals surface area contributed by atoms with Crippen LogP contribution in [0.25, 0.3) is 0 Å². The highest BCUT2D eigenvalue weighted by atomic mass is 32.2. The van der Waals surface area contributed by atoms with E-state index in [4.69, 9.17) is 11.5 Å². The van der Waals surface area contributed by atoms with Crippen molar-refractivity contribution >= 4 is 27.3 Å². The Morgan fingerprint density at radius 2 is 2.05 bits per heavy atom. The standard InChI is InChI=1S/C11H18N4O3S/c1-14-19(17,18)10-7-8(12)4-5-9(10)15-6-2-3-11(13)16/h4-5,7,14-15H,2-3,6,12H2,1H3,(H2,13,16). The molecule has 8 heteroatoms. The van der Waals surface area contributed by atoms with Gasteiger partial charge in [-0.15, -0.1) is 0 Å². The van der Waals surface area contributed by atoms with Gasteiger partial charge in [0.05, 0.1) is 5.69 Å². The Kier molecular flexibility index (Phi) is 5.13. The monoisotopic (exact) mass is 286 g/mol. The molecule has 0 aliphatic heterocycles. The highest BCUT2D eigenvalue weighted by Gasteiger charge is 2.16. The summed E-state index contributed by atoms with van der Waals surface area (Å²) in [5.74, 6) is -0.387. The molecule has 0 unspecified atom stereocenters. The molecular formula is C11H18N4O3S. The van der Waals surface area contributed by atoms with Gasteiger partial charge in [-0.1, -0.05) is 0 Å². The first-order valence-corrected chi connectivity index (χ1v) is 7.20. The molecule has 6 N–H and O–H groups in total. The minimum absolute atomic E-state index is 0.0778. The van der Waals surface area contributed by atoms with Crippen LogP contribution in [0, 0.1) is 0 Å². The van der Waals surface area contributed by atoms with Gasteiger partial charge in [-0.25, -0.2) is 13.1 Å². The number of amides is 1. The van der Waals surface area contributed by atoms with Crippen LogP contribution in [-0.4, -0.2) is 27.9 Å². The predicted octanol–water partition coefficient (Wildman–Crippen LogP) is -0.146. The summed E-state index contributed by atoms with van der Waals surface area (Å²) in [6.45, 7) is 0.444. The van der Waals surface area contributed by atoms with Crippen LogP contribution in [0.3, 0.4) is 0 Å². The number of nitrogens with one attached hydrogen (secondary N) is 2. The van der Waals surface area contributed by atoms with E-state index in [0.717, 1.165) is 0 Å². The lowest BCUT2D eigenvalue weighted by Crippen LogP contribution is -2.21. The number of carbonyl (C=O) groups is 1. The lowest BCUT2D eigenvalue weighted by atomic mass is 10.2. The SMILES string of the molecule is CNS(=O)(=O)c1cc(N)ccc1NCCCC(N)=O. The van der Waals surface area contributed by atoms with Crippen molar-refractivity contribution in [1.29, 1.82) is 0 Å². The third kappa shape index (κ3) is 4.42. The molecule has 0 radical (unpaired) electrons. The summed E-state index contributed by atoms with van der Waals surface area (Å²) in [7, 11) is -2.26. The summed E-state index contributed by atoms with van der Waals surface area (Å²) in [4.78, 5) is 10.7. The molecule has 1 rings (SSSR count). The van der Waals surface area contributed by atoms with Crippen molar-refractivity contribution in [3.8, 4) is 0 Å². The molecule has 1 amide bonds. The molecule has 0 aliphatic carbocycles. The summed E-state index contributed by atoms with van der Waals surface area (Å²) in [6.07, 6.45) is 0.773. The van der Waals surface area contributed by atoms with E-state index in [-0.39, 0.29) is 17.2 Å². The maximum atomic E-state index is 11.8. The molecular weight excluding hydrogens is 268 g/mol. The maximum absolute atomic E-state index is 11.8. The molecule has 0 saturated carbocycles. The van der Waals surface area contributed by atoms with Crippen molar-refractivity contribution in [2.75, 3.05) is 24.6 Å². The molecule has 0 aliphatic rings. The quantitative estimate of drug-likeness (QED) is 0.409. The number of nitrogen functional groups attached to an aromatic ring is 1. The first-order chi connectivity index (χ1) is 8.86. The van der Waals surface area contributed by atoms with E-state index in [1.165, 1.54) is 13.1 Å². The largest absolute Gasteiger partial charge is 0.399 e. The summed E-state index contributed by atoms with van der Waals surface area (Å²) >= 11 is 0. The molecule has 1 aromatic carbocycles. The van der Waals surface area contributed by atoms with Gasteiger partial charge in [-0.3, -0.25) is 4.79 Å². The third-order valence-electron chi connectivity index (χ3n) is 2.48. The van der Waals surface area contributed by atoms with Gasteiger partial charge in [0, 0.05) is 18.7 Å². The van der Waals surface area contributed by atoms with Gasteiger partial charge in [0.15, 0.2) is 0 Å². The lowest BCUT2D eigenvalue weighted by Gasteiger charge is -2.12. The minimum atomic E-state index is -3.59. The van der Waals surface area contributed by atoms with Gasteiger partial charge in [0.25, 0.3) is 0 Å². The molecule has 0 heterocycles. The summed E-state index contributed by atoms with van der Waals surface area (Å²) in [5.41, 5.74) is 11.4. The van der Waals surface area contributed by atoms with Crippen LogP contribution < -0.4 is 21.5 Å². The Balaban J connectivity index is 2.86. The van der Waals surface area contributed by atoms with Gasteiger partial charge in [-0.05, 0) is 31.7 Å². The lowest BCUT2D eigenvalue weighted by molar-refractivity contribution is -0.118. The average molecular weight is 286 g/mol. The van der Waals surface area contributed by atoms with Gasteiger partial charge >= 0.3 is 0 Å². The van der Waals surface area contributed by atoms with Crippen LogP contribution in [0.1, 0.15) is 12.8 Å². The molecule has 0 bridgehead atoms. The smallest absolute Gasteiger partial charge is 0.242 e. The van der Waals surface area contributed by atoms with Crippen molar-refractivity contribution in [1.82, 2.24) is 4.72 Å². The van der Waals surface area contributed by atoms with Crippen LogP contribution in [0.15, 0.2) is 23.1 Å². The second-order valence-corrected chi connectivity index (χ2v) is 5.81. The molecule has 0 fully saturated rings. The first-order valence-electron chi connectivity index (χ1n) is 5.72. The highest BCUT2D eigenvalue weighted by Crippen LogP contribution is 2.23. The molecule has 0 saturated heterocycles. The molecule has 19 heavy (non-hydrogen) atoms. The minimum Gasteiger partial charge on any atom is -0.399 e. The van der Waals surface area contributed by atoms with E-state index in [1.54, 1.807) is 12.1 Å². The Hall–Kier alpha value is -1.80. The summed E-state index contributed by atoms with van der Waals surface area (Å²) in [5, 5.41) is 2.95. The number of benzene rings is 1. The number of rotatable bonds is 7. The number of nitrogens with two attached hydrogens (primary N) is 2. The van der Waals surface area contributed by atoms with Crippen molar-refractivity contribution in [3.63, 3.8) is 0 Å². The van der Waals surface area contributed by atoms with Gasteiger partial charge in [0.1, 0.15) is 4.90 Å². The molecule has 0 aromatic heterocycles. The van der Waals surface area contributed by atoms with Gasteiger partial charge < -0.3 is 16.8 Å². The maximum Gasteiger partial charge on any atom is 0.242 e. The van der Waals surface area contributed by atoms with Crippen molar-refractivity contribution in [3.05, 3.63) is 18.2 Å². The average Bonchev–Trinajstić information content (AvgIpc) is 2.35. The first kappa shape index (κ1) is 15.3. The topological polar surface area (TPSA) is 127 Å². The van der Waals surface area contributed by atoms with E-state index in [1.807, 2.05) is 0 Å². The highest BCUT2D eigenvalue weighted by molar-refractivity contribution is 7.89. The number of sulfonamides is 1. The van der Waals surface area contributed by atoms with Crippen molar-refractivity contribution in [2.45, 2.75) is 17.7 Å². The fourth-order valence-corrected chi connectivity index (χ4v) is 2.44. The van der Waals surface area contributed by atoms with Crippen LogP contribution in [0.4, 0.5) is 11.4 Å². The fourth-order valence-electron chi connectivity index (χ4n) is 1.50. The number of hydrogen-bond acceptors (Lipinski definition) is 5. The van der Waals surface area contributed by atoms with Gasteiger partial charge in [0.2, 0.25) is 15.9 Å². The van der Waals surface area contributed by atoms with E-state index >= 15 is 0 Å². The Morgan fingerprint density at radius 3 is 2.63 bits per heavy atom. The number of carbonyl (C=O) groups excluding carboxylic acids is 1. The number of primary amides is 1. The number of hydrogen-bond donors (Lipinski definition) is 4. The predicted molar refractivity (Wildman–Crippen MR) is 74.0 cm³/mol. The summed E-state index contributed by atoms with van der Waals surface area (Å²) in [6, 6.07) is 4.57. The second kappa shape index (κ2) is 6.39. The Bertz CT molecular complexity index is 557. The zero-order valence-corrected chi connectivity index (χ0v) is 11.5. The van der Waals surface area contributed by atoms with Gasteiger partial charge in [-0.2, -0.15) is 0 Å². The van der Waals surface area contributed by atoms with Crippen molar-refractivity contribution < 1.29 is 13.2 Å². The van der Waals surface area contributed by atoms with E-state index in [9.17, 15) is 13.2 Å². The molecule has 7 nitrogen and oxygen atoms in total. The Labute approximate surface area is 112 Å².